The lowest BCUT2D eigenvalue weighted by Gasteiger charge is -2.12. The van der Waals surface area contributed by atoms with Crippen molar-refractivity contribution in [2.75, 3.05) is 11.1 Å². The predicted octanol–water partition coefficient (Wildman–Crippen LogP) is 5.68. The van der Waals surface area contributed by atoms with Gasteiger partial charge in [0.1, 0.15) is 5.76 Å². The van der Waals surface area contributed by atoms with E-state index in [1.54, 1.807) is 19.1 Å². The smallest absolute Gasteiger partial charge is 0.236 e. The van der Waals surface area contributed by atoms with Crippen molar-refractivity contribution in [2.24, 2.45) is 0 Å². The number of nitrogens with one attached hydrogen (secondary N) is 1. The van der Waals surface area contributed by atoms with Gasteiger partial charge in [0, 0.05) is 29.1 Å². The molecule has 0 aliphatic heterocycles. The molecule has 2 aromatic carbocycles. The number of hydrogen-bond acceptors (Lipinski definition) is 7. The van der Waals surface area contributed by atoms with Crippen LogP contribution in [0.5, 0.6) is 0 Å². The van der Waals surface area contributed by atoms with Gasteiger partial charge < -0.3 is 9.84 Å². The SMILES string of the molecule is C=CCn1c(SCC(=O)Nc2cc(C)on2)nnc1-c1cc(-c2ccc(C)cc2)nc2ccccc12. The van der Waals surface area contributed by atoms with Crippen LogP contribution in [-0.4, -0.2) is 36.6 Å². The van der Waals surface area contributed by atoms with E-state index in [1.165, 1.54) is 17.3 Å². The lowest BCUT2D eigenvalue weighted by Crippen LogP contribution is -2.14. The van der Waals surface area contributed by atoms with Gasteiger partial charge in [-0.3, -0.25) is 9.36 Å². The van der Waals surface area contributed by atoms with Crippen molar-refractivity contribution in [1.29, 1.82) is 0 Å². The second-order valence-electron chi connectivity index (χ2n) is 8.30. The van der Waals surface area contributed by atoms with E-state index in [0.29, 0.717) is 29.1 Å². The molecule has 0 aliphatic carbocycles. The van der Waals surface area contributed by atoms with E-state index in [-0.39, 0.29) is 11.7 Å². The van der Waals surface area contributed by atoms with Crippen molar-refractivity contribution in [3.8, 4) is 22.6 Å². The molecule has 5 aromatic rings. The first-order valence-electron chi connectivity index (χ1n) is 11.4. The zero-order valence-corrected chi connectivity index (χ0v) is 20.7. The summed E-state index contributed by atoms with van der Waals surface area (Å²) in [7, 11) is 0. The van der Waals surface area contributed by atoms with Gasteiger partial charge in [0.25, 0.3) is 0 Å². The number of benzene rings is 2. The number of carbonyl (C=O) groups excluding carboxylic acids is 1. The maximum atomic E-state index is 12.4. The summed E-state index contributed by atoms with van der Waals surface area (Å²) in [6.07, 6.45) is 1.79. The van der Waals surface area contributed by atoms with Gasteiger partial charge >= 0.3 is 0 Å². The molecule has 0 aliphatic rings. The van der Waals surface area contributed by atoms with Crippen LogP contribution >= 0.6 is 11.8 Å². The first kappa shape index (κ1) is 23.5. The first-order valence-corrected chi connectivity index (χ1v) is 12.4. The van der Waals surface area contributed by atoms with E-state index in [4.69, 9.17) is 9.51 Å². The number of fused-ring (bicyclic) bond motifs is 1. The van der Waals surface area contributed by atoms with Gasteiger partial charge in [0.05, 0.1) is 17.0 Å². The highest BCUT2D eigenvalue weighted by Crippen LogP contribution is 2.33. The van der Waals surface area contributed by atoms with Crippen LogP contribution in [0.25, 0.3) is 33.5 Å². The van der Waals surface area contributed by atoms with Gasteiger partial charge in [-0.2, -0.15) is 0 Å². The molecule has 3 aromatic heterocycles. The summed E-state index contributed by atoms with van der Waals surface area (Å²) in [6.45, 7) is 8.23. The van der Waals surface area contributed by atoms with Crippen molar-refractivity contribution < 1.29 is 9.32 Å². The normalized spacial score (nSPS) is 11.1. The van der Waals surface area contributed by atoms with E-state index in [1.807, 2.05) is 34.9 Å². The fraction of sp³-hybridized carbons (Fsp3) is 0.148. The summed E-state index contributed by atoms with van der Waals surface area (Å²) in [5.74, 6) is 1.64. The molecular weight excluding hydrogens is 472 g/mol. The van der Waals surface area contributed by atoms with Crippen molar-refractivity contribution in [1.82, 2.24) is 24.9 Å². The Balaban J connectivity index is 1.50. The van der Waals surface area contributed by atoms with E-state index >= 15 is 0 Å². The summed E-state index contributed by atoms with van der Waals surface area (Å²) in [4.78, 5) is 17.3. The summed E-state index contributed by atoms with van der Waals surface area (Å²) in [5.41, 5.74) is 4.86. The minimum absolute atomic E-state index is 0.146. The molecule has 0 bridgehead atoms. The molecule has 0 saturated heterocycles. The number of anilines is 1. The largest absolute Gasteiger partial charge is 0.360 e. The molecule has 9 heteroatoms. The first-order chi connectivity index (χ1) is 17.5. The lowest BCUT2D eigenvalue weighted by molar-refractivity contribution is -0.113. The number of rotatable bonds is 8. The number of allylic oxidation sites excluding steroid dienone is 1. The third-order valence-corrected chi connectivity index (χ3v) is 6.53. The number of carbonyl (C=O) groups is 1. The maximum absolute atomic E-state index is 12.4. The maximum Gasteiger partial charge on any atom is 0.236 e. The molecule has 0 atom stereocenters. The molecule has 3 heterocycles. The van der Waals surface area contributed by atoms with Crippen molar-refractivity contribution in [2.45, 2.75) is 25.5 Å². The second-order valence-corrected chi connectivity index (χ2v) is 9.25. The summed E-state index contributed by atoms with van der Waals surface area (Å²) < 4.78 is 6.96. The molecule has 0 radical (unpaired) electrons. The van der Waals surface area contributed by atoms with Gasteiger partial charge in [-0.1, -0.05) is 71.0 Å². The third kappa shape index (κ3) is 4.92. The number of nitrogens with zero attached hydrogens (tertiary/aromatic N) is 5. The number of aromatic nitrogens is 5. The molecular formula is C27H24N6O2S. The number of para-hydroxylation sites is 1. The Morgan fingerprint density at radius 3 is 2.67 bits per heavy atom. The summed E-state index contributed by atoms with van der Waals surface area (Å²) >= 11 is 1.30. The molecule has 0 saturated carbocycles. The van der Waals surface area contributed by atoms with E-state index in [0.717, 1.165) is 27.7 Å². The standard InChI is InChI=1S/C27H24N6O2S/c1-4-13-33-26(30-31-27(33)36-16-25(34)29-24-14-18(3)35-32-24)21-15-23(19-11-9-17(2)10-12-19)28-22-8-6-5-7-20(21)22/h4-12,14-15H,1,13,16H2,2-3H3,(H,29,32,34). The lowest BCUT2D eigenvalue weighted by atomic mass is 10.0. The van der Waals surface area contributed by atoms with Gasteiger partial charge in [0.15, 0.2) is 16.8 Å². The summed E-state index contributed by atoms with van der Waals surface area (Å²) in [5, 5.41) is 17.1. The van der Waals surface area contributed by atoms with E-state index in [2.05, 4.69) is 58.4 Å². The van der Waals surface area contributed by atoms with E-state index < -0.39 is 0 Å². The number of aryl methyl sites for hydroxylation is 2. The Bertz CT molecular complexity index is 1550. The van der Waals surface area contributed by atoms with Crippen molar-refractivity contribution in [3.63, 3.8) is 0 Å². The van der Waals surface area contributed by atoms with Crippen LogP contribution in [0.2, 0.25) is 0 Å². The topological polar surface area (TPSA) is 98.7 Å². The molecule has 36 heavy (non-hydrogen) atoms. The molecule has 0 unspecified atom stereocenters. The summed E-state index contributed by atoms with van der Waals surface area (Å²) in [6, 6.07) is 20.0. The van der Waals surface area contributed by atoms with Crippen LogP contribution in [0, 0.1) is 13.8 Å². The average molecular weight is 497 g/mol. The monoisotopic (exact) mass is 496 g/mol. The minimum Gasteiger partial charge on any atom is -0.360 e. The van der Waals surface area contributed by atoms with Crippen molar-refractivity contribution >= 4 is 34.4 Å². The van der Waals surface area contributed by atoms with Gasteiger partial charge in [-0.05, 0) is 26.0 Å². The number of hydrogen-bond donors (Lipinski definition) is 1. The molecule has 1 amide bonds. The van der Waals surface area contributed by atoms with Crippen LogP contribution < -0.4 is 5.32 Å². The van der Waals surface area contributed by atoms with Gasteiger partial charge in [0.2, 0.25) is 5.91 Å². The molecule has 0 fully saturated rings. The zero-order valence-electron chi connectivity index (χ0n) is 19.9. The second kappa shape index (κ2) is 10.2. The van der Waals surface area contributed by atoms with Crippen LogP contribution in [0.4, 0.5) is 5.82 Å². The minimum atomic E-state index is -0.209. The predicted molar refractivity (Wildman–Crippen MR) is 142 cm³/mol. The molecule has 8 nitrogen and oxygen atoms in total. The average Bonchev–Trinajstić information content (AvgIpc) is 3.48. The van der Waals surface area contributed by atoms with Gasteiger partial charge in [-0.25, -0.2) is 4.98 Å². The van der Waals surface area contributed by atoms with Crippen LogP contribution in [0.15, 0.2) is 83.0 Å². The molecule has 5 rings (SSSR count). The Kier molecular flexibility index (Phi) is 6.64. The fourth-order valence-electron chi connectivity index (χ4n) is 3.86. The Morgan fingerprint density at radius 1 is 1.11 bits per heavy atom. The highest BCUT2D eigenvalue weighted by atomic mass is 32.2. The number of pyridine rings is 1. The van der Waals surface area contributed by atoms with E-state index in [9.17, 15) is 4.79 Å². The Hall–Kier alpha value is -4.24. The van der Waals surface area contributed by atoms with Crippen LogP contribution in [-0.2, 0) is 11.3 Å². The van der Waals surface area contributed by atoms with Crippen LogP contribution in [0.3, 0.4) is 0 Å². The van der Waals surface area contributed by atoms with Crippen LogP contribution in [0.1, 0.15) is 11.3 Å². The number of amides is 1. The molecule has 0 spiro atoms. The highest BCUT2D eigenvalue weighted by Gasteiger charge is 2.19. The number of thioether (sulfide) groups is 1. The highest BCUT2D eigenvalue weighted by molar-refractivity contribution is 7.99. The molecule has 180 valence electrons. The zero-order chi connectivity index (χ0) is 25.1. The quantitative estimate of drug-likeness (QED) is 0.218. The third-order valence-electron chi connectivity index (χ3n) is 5.56. The molecule has 1 N–H and O–H groups in total. The Labute approximate surface area is 212 Å². The Morgan fingerprint density at radius 2 is 1.92 bits per heavy atom. The van der Waals surface area contributed by atoms with Gasteiger partial charge in [-0.15, -0.1) is 16.8 Å². The van der Waals surface area contributed by atoms with Crippen molar-refractivity contribution in [3.05, 3.63) is 84.6 Å². The fourth-order valence-corrected chi connectivity index (χ4v) is 4.60.